The molecular formula is C11H19NO2S. The number of nitrogens with zero attached hydrogens (tertiary/aromatic N) is 1. The average Bonchev–Trinajstić information content (AvgIpc) is 2.39. The van der Waals surface area contributed by atoms with Crippen molar-refractivity contribution in [3.05, 3.63) is 0 Å². The minimum atomic E-state index is -0.130. The summed E-state index contributed by atoms with van der Waals surface area (Å²) in [7, 11) is 0. The van der Waals surface area contributed by atoms with Gasteiger partial charge in [-0.2, -0.15) is 0 Å². The number of amides is 2. The molecule has 3 nitrogen and oxygen atoms in total. The fourth-order valence-electron chi connectivity index (χ4n) is 1.64. The fourth-order valence-corrected chi connectivity index (χ4v) is 2.78. The van der Waals surface area contributed by atoms with Crippen LogP contribution >= 0.6 is 11.8 Å². The first kappa shape index (κ1) is 12.6. The summed E-state index contributed by atoms with van der Waals surface area (Å²) in [5, 5.41) is 0.271. The zero-order valence-corrected chi connectivity index (χ0v) is 10.5. The Hall–Kier alpha value is -0.510. The normalized spacial score (nSPS) is 21.9. The smallest absolute Gasteiger partial charge is 0.242 e. The van der Waals surface area contributed by atoms with E-state index in [1.807, 2.05) is 0 Å². The third kappa shape index (κ3) is 3.23. The molecule has 2 amide bonds. The zero-order chi connectivity index (χ0) is 11.4. The topological polar surface area (TPSA) is 37.4 Å². The van der Waals surface area contributed by atoms with E-state index >= 15 is 0 Å². The highest BCUT2D eigenvalue weighted by molar-refractivity contribution is 8.01. The van der Waals surface area contributed by atoms with E-state index in [2.05, 4.69) is 20.8 Å². The van der Waals surface area contributed by atoms with Gasteiger partial charge in [0.2, 0.25) is 11.8 Å². The molecule has 0 aromatic rings. The highest BCUT2D eigenvalue weighted by atomic mass is 32.2. The number of rotatable bonds is 5. The van der Waals surface area contributed by atoms with Gasteiger partial charge < -0.3 is 0 Å². The van der Waals surface area contributed by atoms with Crippen LogP contribution in [-0.2, 0) is 9.59 Å². The van der Waals surface area contributed by atoms with Crippen LogP contribution in [0.25, 0.3) is 0 Å². The van der Waals surface area contributed by atoms with Crippen LogP contribution < -0.4 is 0 Å². The Morgan fingerprint density at radius 2 is 2.13 bits per heavy atom. The van der Waals surface area contributed by atoms with E-state index in [1.165, 1.54) is 4.90 Å². The number of thioether (sulfide) groups is 1. The molecule has 0 radical (unpaired) electrons. The lowest BCUT2D eigenvalue weighted by molar-refractivity contribution is -0.138. The van der Waals surface area contributed by atoms with Gasteiger partial charge in [0.15, 0.2) is 0 Å². The molecule has 0 aliphatic carbocycles. The number of carbonyl (C=O) groups is 2. The van der Waals surface area contributed by atoms with E-state index in [4.69, 9.17) is 0 Å². The van der Waals surface area contributed by atoms with Crippen molar-refractivity contribution in [1.82, 2.24) is 4.90 Å². The highest BCUT2D eigenvalue weighted by Gasteiger charge is 2.38. The molecule has 15 heavy (non-hydrogen) atoms. The third-order valence-electron chi connectivity index (χ3n) is 2.37. The second-order valence-electron chi connectivity index (χ2n) is 4.11. The summed E-state index contributed by atoms with van der Waals surface area (Å²) in [6.45, 7) is 6.77. The molecule has 1 aliphatic heterocycles. The first-order valence-electron chi connectivity index (χ1n) is 5.56. The van der Waals surface area contributed by atoms with Gasteiger partial charge in [0, 0.05) is 13.0 Å². The summed E-state index contributed by atoms with van der Waals surface area (Å²) in [5.41, 5.74) is 0. The molecule has 86 valence electrons. The molecule has 0 saturated carbocycles. The SMILES string of the molecule is CCCCN1C(=O)CC(SC(C)C)C1=O. The van der Waals surface area contributed by atoms with Gasteiger partial charge in [0.25, 0.3) is 0 Å². The van der Waals surface area contributed by atoms with Crippen molar-refractivity contribution in [1.29, 1.82) is 0 Å². The van der Waals surface area contributed by atoms with Crippen molar-refractivity contribution < 1.29 is 9.59 Å². The standard InChI is InChI=1S/C11H19NO2S/c1-4-5-6-12-10(13)7-9(11(12)14)15-8(2)3/h8-9H,4-7H2,1-3H3. The maximum absolute atomic E-state index is 11.8. The van der Waals surface area contributed by atoms with Crippen molar-refractivity contribution in [2.45, 2.75) is 50.5 Å². The van der Waals surface area contributed by atoms with Gasteiger partial charge >= 0.3 is 0 Å². The Balaban J connectivity index is 2.54. The Morgan fingerprint density at radius 3 is 2.67 bits per heavy atom. The Labute approximate surface area is 95.6 Å². The number of likely N-dealkylation sites (tertiary alicyclic amines) is 1. The van der Waals surface area contributed by atoms with Gasteiger partial charge in [0.05, 0.1) is 5.25 Å². The zero-order valence-electron chi connectivity index (χ0n) is 9.66. The highest BCUT2D eigenvalue weighted by Crippen LogP contribution is 2.28. The van der Waals surface area contributed by atoms with Gasteiger partial charge in [-0.25, -0.2) is 0 Å². The van der Waals surface area contributed by atoms with Gasteiger partial charge in [-0.1, -0.05) is 27.2 Å². The summed E-state index contributed by atoms with van der Waals surface area (Å²) in [6.07, 6.45) is 2.32. The summed E-state index contributed by atoms with van der Waals surface area (Å²) in [5.74, 6) is 0.0266. The molecule has 0 bridgehead atoms. The maximum Gasteiger partial charge on any atom is 0.242 e. The molecule has 4 heteroatoms. The molecule has 0 aromatic carbocycles. The van der Waals surface area contributed by atoms with Crippen LogP contribution in [0.4, 0.5) is 0 Å². The van der Waals surface area contributed by atoms with Gasteiger partial charge in [-0.3, -0.25) is 14.5 Å². The Bertz CT molecular complexity index is 253. The van der Waals surface area contributed by atoms with Crippen molar-refractivity contribution >= 4 is 23.6 Å². The second kappa shape index (κ2) is 5.54. The maximum atomic E-state index is 11.8. The number of carbonyl (C=O) groups excluding carboxylic acids is 2. The Morgan fingerprint density at radius 1 is 1.47 bits per heavy atom. The molecule has 1 fully saturated rings. The average molecular weight is 229 g/mol. The molecule has 1 unspecified atom stereocenters. The lowest BCUT2D eigenvalue weighted by atomic mass is 10.3. The predicted octanol–water partition coefficient (Wildman–Crippen LogP) is 2.06. The summed E-state index contributed by atoms with van der Waals surface area (Å²) in [4.78, 5) is 24.8. The quantitative estimate of drug-likeness (QED) is 0.677. The van der Waals surface area contributed by atoms with Crippen LogP contribution in [0.5, 0.6) is 0 Å². The van der Waals surface area contributed by atoms with Crippen molar-refractivity contribution in [3.63, 3.8) is 0 Å². The van der Waals surface area contributed by atoms with Gasteiger partial charge in [0.1, 0.15) is 0 Å². The van der Waals surface area contributed by atoms with Gasteiger partial charge in [-0.15, -0.1) is 11.8 Å². The molecular weight excluding hydrogens is 210 g/mol. The molecule has 1 heterocycles. The molecule has 1 rings (SSSR count). The largest absolute Gasteiger partial charge is 0.282 e. The third-order valence-corrected chi connectivity index (χ3v) is 3.62. The molecule has 0 N–H and O–H groups in total. The number of hydrogen-bond donors (Lipinski definition) is 0. The summed E-state index contributed by atoms with van der Waals surface area (Å²) < 4.78 is 0. The number of imide groups is 1. The van der Waals surface area contributed by atoms with Crippen LogP contribution in [-0.4, -0.2) is 33.8 Å². The van der Waals surface area contributed by atoms with Crippen LogP contribution in [0.1, 0.15) is 40.0 Å². The van der Waals surface area contributed by atoms with E-state index in [-0.39, 0.29) is 17.1 Å². The number of unbranched alkanes of at least 4 members (excludes halogenated alkanes) is 1. The fraction of sp³-hybridized carbons (Fsp3) is 0.818. The van der Waals surface area contributed by atoms with Crippen LogP contribution in [0.3, 0.4) is 0 Å². The van der Waals surface area contributed by atoms with Crippen LogP contribution in [0.2, 0.25) is 0 Å². The summed E-state index contributed by atoms with van der Waals surface area (Å²) >= 11 is 1.60. The molecule has 1 atom stereocenters. The van der Waals surface area contributed by atoms with E-state index in [1.54, 1.807) is 11.8 Å². The molecule has 1 aliphatic rings. The number of hydrogen-bond acceptors (Lipinski definition) is 3. The van der Waals surface area contributed by atoms with Crippen molar-refractivity contribution in [2.75, 3.05) is 6.54 Å². The summed E-state index contributed by atoms with van der Waals surface area (Å²) in [6, 6.07) is 0. The molecule has 0 aromatic heterocycles. The van der Waals surface area contributed by atoms with E-state index in [9.17, 15) is 9.59 Å². The van der Waals surface area contributed by atoms with E-state index in [0.29, 0.717) is 18.2 Å². The van der Waals surface area contributed by atoms with Crippen molar-refractivity contribution in [3.8, 4) is 0 Å². The minimum Gasteiger partial charge on any atom is -0.282 e. The lowest BCUT2D eigenvalue weighted by Gasteiger charge is -2.14. The minimum absolute atomic E-state index is 0.00611. The van der Waals surface area contributed by atoms with Gasteiger partial charge in [-0.05, 0) is 11.7 Å². The van der Waals surface area contributed by atoms with Crippen LogP contribution in [0, 0.1) is 0 Å². The monoisotopic (exact) mass is 229 g/mol. The molecule has 0 spiro atoms. The second-order valence-corrected chi connectivity index (χ2v) is 5.90. The molecule has 1 saturated heterocycles. The van der Waals surface area contributed by atoms with E-state index < -0.39 is 0 Å². The Kier molecular flexibility index (Phi) is 4.64. The first-order chi connectivity index (χ1) is 7.06. The van der Waals surface area contributed by atoms with Crippen molar-refractivity contribution in [2.24, 2.45) is 0 Å². The lowest BCUT2D eigenvalue weighted by Crippen LogP contribution is -2.32. The first-order valence-corrected chi connectivity index (χ1v) is 6.50. The van der Waals surface area contributed by atoms with E-state index in [0.717, 1.165) is 12.8 Å². The van der Waals surface area contributed by atoms with Crippen LogP contribution in [0.15, 0.2) is 0 Å². The predicted molar refractivity (Wildman–Crippen MR) is 62.8 cm³/mol.